The molecule has 0 aliphatic carbocycles. The number of fused-ring (bicyclic) bond motifs is 1. The Bertz CT molecular complexity index is 412. The molecule has 1 aromatic rings. The summed E-state index contributed by atoms with van der Waals surface area (Å²) in [6.07, 6.45) is 0. The number of nitrogens with zero attached hydrogens (tertiary/aromatic N) is 1. The maximum absolute atomic E-state index is 11.6. The number of carbonyl (C=O) groups excluding carboxylic acids is 1. The van der Waals surface area contributed by atoms with Crippen molar-refractivity contribution in [2.24, 2.45) is 5.92 Å². The largest absolute Gasteiger partial charge is 0.360 e. The van der Waals surface area contributed by atoms with Crippen LogP contribution in [-0.4, -0.2) is 19.0 Å². The topological polar surface area (TPSA) is 32.3 Å². The predicted octanol–water partition coefficient (Wildman–Crippen LogP) is 2.41. The first-order chi connectivity index (χ1) is 7.58. The summed E-state index contributed by atoms with van der Waals surface area (Å²) in [6, 6.07) is 6.14. The molecule has 1 amide bonds. The highest BCUT2D eigenvalue weighted by atomic mass is 16.2. The smallest absolute Gasteiger partial charge is 0.243 e. The number of hydrogen-bond acceptors (Lipinski definition) is 2. The lowest BCUT2D eigenvalue weighted by Crippen LogP contribution is -2.40. The van der Waals surface area contributed by atoms with E-state index >= 15 is 0 Å². The summed E-state index contributed by atoms with van der Waals surface area (Å²) in [5, 5.41) is 2.95. The number of amides is 1. The Hall–Kier alpha value is -1.51. The van der Waals surface area contributed by atoms with Crippen LogP contribution in [0.3, 0.4) is 0 Å². The third-order valence-corrected chi connectivity index (χ3v) is 2.78. The second kappa shape index (κ2) is 4.16. The van der Waals surface area contributed by atoms with E-state index in [-0.39, 0.29) is 5.91 Å². The average Bonchev–Trinajstić information content (AvgIpc) is 2.18. The van der Waals surface area contributed by atoms with Crippen LogP contribution in [0, 0.1) is 12.8 Å². The second-order valence-corrected chi connectivity index (χ2v) is 4.79. The third kappa shape index (κ3) is 2.03. The number of hydrogen-bond donors (Lipinski definition) is 1. The predicted molar refractivity (Wildman–Crippen MR) is 66.9 cm³/mol. The van der Waals surface area contributed by atoms with E-state index in [4.69, 9.17) is 0 Å². The van der Waals surface area contributed by atoms with Gasteiger partial charge in [-0.3, -0.25) is 4.79 Å². The fourth-order valence-electron chi connectivity index (χ4n) is 2.12. The molecule has 0 spiro atoms. The molecule has 0 unspecified atom stereocenters. The first kappa shape index (κ1) is 11.0. The average molecular weight is 218 g/mol. The van der Waals surface area contributed by atoms with E-state index < -0.39 is 0 Å². The lowest BCUT2D eigenvalue weighted by Gasteiger charge is -2.33. The van der Waals surface area contributed by atoms with Crippen molar-refractivity contribution >= 4 is 17.3 Å². The number of rotatable bonds is 2. The Kier molecular flexibility index (Phi) is 2.86. The molecule has 86 valence electrons. The zero-order valence-corrected chi connectivity index (χ0v) is 10.1. The number of para-hydroxylation sites is 1. The van der Waals surface area contributed by atoms with Crippen molar-refractivity contribution in [2.45, 2.75) is 20.8 Å². The molecule has 2 rings (SSSR count). The van der Waals surface area contributed by atoms with Crippen molar-refractivity contribution in [3.63, 3.8) is 0 Å². The van der Waals surface area contributed by atoms with E-state index in [0.29, 0.717) is 12.5 Å². The monoisotopic (exact) mass is 218 g/mol. The fourth-order valence-corrected chi connectivity index (χ4v) is 2.12. The van der Waals surface area contributed by atoms with Crippen molar-refractivity contribution < 1.29 is 4.79 Å². The van der Waals surface area contributed by atoms with Gasteiger partial charge in [-0.1, -0.05) is 26.0 Å². The maximum Gasteiger partial charge on any atom is 0.243 e. The summed E-state index contributed by atoms with van der Waals surface area (Å²) >= 11 is 0. The van der Waals surface area contributed by atoms with Gasteiger partial charge in [0.1, 0.15) is 0 Å². The van der Waals surface area contributed by atoms with E-state index in [1.807, 2.05) is 19.1 Å². The van der Waals surface area contributed by atoms with Crippen LogP contribution in [0.5, 0.6) is 0 Å². The summed E-state index contributed by atoms with van der Waals surface area (Å²) in [5.41, 5.74) is 3.24. The van der Waals surface area contributed by atoms with Gasteiger partial charge in [-0.2, -0.15) is 0 Å². The number of aryl methyl sites for hydroxylation is 1. The molecule has 16 heavy (non-hydrogen) atoms. The maximum atomic E-state index is 11.6. The van der Waals surface area contributed by atoms with E-state index in [2.05, 4.69) is 30.1 Å². The van der Waals surface area contributed by atoms with E-state index in [9.17, 15) is 4.79 Å². The Morgan fingerprint density at radius 1 is 1.44 bits per heavy atom. The summed E-state index contributed by atoms with van der Waals surface area (Å²) in [4.78, 5) is 13.8. The molecular formula is C13H18N2O. The fraction of sp³-hybridized carbons (Fsp3) is 0.462. The first-order valence-corrected chi connectivity index (χ1v) is 5.72. The quantitative estimate of drug-likeness (QED) is 0.826. The van der Waals surface area contributed by atoms with Crippen LogP contribution in [0.1, 0.15) is 19.4 Å². The first-order valence-electron chi connectivity index (χ1n) is 5.72. The van der Waals surface area contributed by atoms with E-state index in [1.165, 1.54) is 0 Å². The summed E-state index contributed by atoms with van der Waals surface area (Å²) in [7, 11) is 0. The van der Waals surface area contributed by atoms with Crippen molar-refractivity contribution in [3.05, 3.63) is 23.8 Å². The minimum Gasteiger partial charge on any atom is -0.360 e. The second-order valence-electron chi connectivity index (χ2n) is 4.79. The normalized spacial score (nSPS) is 15.0. The molecule has 1 N–H and O–H groups in total. The highest BCUT2D eigenvalue weighted by Crippen LogP contribution is 2.32. The van der Waals surface area contributed by atoms with Crippen molar-refractivity contribution in [2.75, 3.05) is 23.3 Å². The Labute approximate surface area is 96.5 Å². The molecule has 0 saturated carbocycles. The highest BCUT2D eigenvalue weighted by Gasteiger charge is 2.23. The molecule has 0 bridgehead atoms. The third-order valence-electron chi connectivity index (χ3n) is 2.78. The number of benzene rings is 1. The Morgan fingerprint density at radius 3 is 2.88 bits per heavy atom. The van der Waals surface area contributed by atoms with Gasteiger partial charge in [-0.05, 0) is 24.5 Å². The van der Waals surface area contributed by atoms with Gasteiger partial charge in [0.15, 0.2) is 0 Å². The zero-order valence-electron chi connectivity index (χ0n) is 10.1. The van der Waals surface area contributed by atoms with Crippen LogP contribution in [0.25, 0.3) is 0 Å². The Morgan fingerprint density at radius 2 is 2.19 bits per heavy atom. The molecule has 3 nitrogen and oxygen atoms in total. The van der Waals surface area contributed by atoms with Crippen molar-refractivity contribution in [3.8, 4) is 0 Å². The standard InChI is InChI=1S/C13H18N2O/c1-9(2)7-15-8-12(16)14-13-10(3)5-4-6-11(13)15/h4-6,9H,7-8H2,1-3H3,(H,14,16). The Balaban J connectivity index is 2.38. The van der Waals surface area contributed by atoms with Gasteiger partial charge in [0.05, 0.1) is 17.9 Å². The molecule has 0 aromatic heterocycles. The van der Waals surface area contributed by atoms with Crippen LogP contribution in [-0.2, 0) is 4.79 Å². The lowest BCUT2D eigenvalue weighted by molar-refractivity contribution is -0.115. The molecule has 0 radical (unpaired) electrons. The number of nitrogens with one attached hydrogen (secondary N) is 1. The molecular weight excluding hydrogens is 200 g/mol. The molecule has 3 heteroatoms. The van der Waals surface area contributed by atoms with Gasteiger partial charge >= 0.3 is 0 Å². The SMILES string of the molecule is Cc1cccc2c1NC(=O)CN2CC(C)C. The van der Waals surface area contributed by atoms with Crippen LogP contribution in [0.15, 0.2) is 18.2 Å². The molecule has 1 aliphatic rings. The van der Waals surface area contributed by atoms with Crippen molar-refractivity contribution in [1.29, 1.82) is 0 Å². The summed E-state index contributed by atoms with van der Waals surface area (Å²) in [5.74, 6) is 0.640. The summed E-state index contributed by atoms with van der Waals surface area (Å²) in [6.45, 7) is 7.75. The van der Waals surface area contributed by atoms with Gasteiger partial charge in [-0.15, -0.1) is 0 Å². The van der Waals surface area contributed by atoms with Crippen LogP contribution < -0.4 is 10.2 Å². The zero-order chi connectivity index (χ0) is 11.7. The van der Waals surface area contributed by atoms with E-state index in [0.717, 1.165) is 23.5 Å². The number of carbonyl (C=O) groups is 1. The van der Waals surface area contributed by atoms with Crippen LogP contribution in [0.2, 0.25) is 0 Å². The minimum atomic E-state index is 0.0856. The minimum absolute atomic E-state index is 0.0856. The van der Waals surface area contributed by atoms with Gasteiger partial charge in [0.25, 0.3) is 0 Å². The van der Waals surface area contributed by atoms with Gasteiger partial charge < -0.3 is 10.2 Å². The van der Waals surface area contributed by atoms with E-state index in [1.54, 1.807) is 0 Å². The van der Waals surface area contributed by atoms with Gasteiger partial charge in [-0.25, -0.2) is 0 Å². The van der Waals surface area contributed by atoms with Crippen molar-refractivity contribution in [1.82, 2.24) is 0 Å². The van der Waals surface area contributed by atoms with Gasteiger partial charge in [0.2, 0.25) is 5.91 Å². The molecule has 1 aromatic carbocycles. The molecule has 0 fully saturated rings. The van der Waals surface area contributed by atoms with Gasteiger partial charge in [0, 0.05) is 6.54 Å². The highest BCUT2D eigenvalue weighted by molar-refractivity contribution is 6.02. The molecule has 1 aliphatic heterocycles. The molecule has 0 atom stereocenters. The number of anilines is 2. The molecule has 1 heterocycles. The van der Waals surface area contributed by atoms with Crippen LogP contribution >= 0.6 is 0 Å². The summed E-state index contributed by atoms with van der Waals surface area (Å²) < 4.78 is 0. The molecule has 0 saturated heterocycles. The van der Waals surface area contributed by atoms with Crippen LogP contribution in [0.4, 0.5) is 11.4 Å². The lowest BCUT2D eigenvalue weighted by atomic mass is 10.1.